The van der Waals surface area contributed by atoms with Gasteiger partial charge in [0.05, 0.1) is 4.90 Å². The molecule has 1 aromatic heterocycles. The van der Waals surface area contributed by atoms with Crippen LogP contribution in [0.15, 0.2) is 41.6 Å². The highest BCUT2D eigenvalue weighted by Gasteiger charge is 2.09. The van der Waals surface area contributed by atoms with Gasteiger partial charge in [0.15, 0.2) is 0 Å². The van der Waals surface area contributed by atoms with Crippen LogP contribution in [0.25, 0.3) is 10.8 Å². The van der Waals surface area contributed by atoms with Crippen molar-refractivity contribution in [1.82, 2.24) is 4.98 Å². The summed E-state index contributed by atoms with van der Waals surface area (Å²) in [7, 11) is -4.12. The Bertz CT molecular complexity index is 577. The molecular weight excluding hydrogens is 202 g/mol. The first-order chi connectivity index (χ1) is 6.57. The van der Waals surface area contributed by atoms with Gasteiger partial charge < -0.3 is 0 Å². The Morgan fingerprint density at radius 2 is 1.93 bits per heavy atom. The summed E-state index contributed by atoms with van der Waals surface area (Å²) in [6.07, 6.45) is 3.17. The molecule has 0 saturated carbocycles. The topological polar surface area (TPSA) is 67.3 Å². The quantitative estimate of drug-likeness (QED) is 0.722. The Hall–Kier alpha value is -1.46. The molecule has 0 spiro atoms. The normalized spacial score (nSPS) is 11.8. The predicted octanol–water partition coefficient (Wildman–Crippen LogP) is 1.48. The van der Waals surface area contributed by atoms with E-state index in [0.29, 0.717) is 5.39 Å². The summed E-state index contributed by atoms with van der Waals surface area (Å²) < 4.78 is 30.4. The van der Waals surface area contributed by atoms with Crippen molar-refractivity contribution in [1.29, 1.82) is 0 Å². The van der Waals surface area contributed by atoms with E-state index in [4.69, 9.17) is 4.55 Å². The van der Waals surface area contributed by atoms with E-state index >= 15 is 0 Å². The molecular formula is C9H7NO3S. The predicted molar refractivity (Wildman–Crippen MR) is 51.6 cm³/mol. The molecule has 2 aromatic rings. The van der Waals surface area contributed by atoms with Crippen LogP contribution in [0.4, 0.5) is 0 Å². The maximum absolute atomic E-state index is 10.8. The minimum atomic E-state index is -4.12. The van der Waals surface area contributed by atoms with E-state index in [1.807, 2.05) is 0 Å². The average Bonchev–Trinajstić information content (AvgIpc) is 2.16. The molecule has 0 radical (unpaired) electrons. The zero-order chi connectivity index (χ0) is 10.2. The first-order valence-corrected chi connectivity index (χ1v) is 5.33. The summed E-state index contributed by atoms with van der Waals surface area (Å²) in [5.41, 5.74) is 0. The molecule has 0 bridgehead atoms. The van der Waals surface area contributed by atoms with Crippen molar-refractivity contribution in [2.24, 2.45) is 0 Å². The second-order valence-electron chi connectivity index (χ2n) is 2.86. The monoisotopic (exact) mass is 209 g/mol. The summed E-state index contributed by atoms with van der Waals surface area (Å²) >= 11 is 0. The van der Waals surface area contributed by atoms with Crippen LogP contribution >= 0.6 is 0 Å². The van der Waals surface area contributed by atoms with Gasteiger partial charge in [0.25, 0.3) is 10.1 Å². The minimum absolute atomic E-state index is 0.113. The van der Waals surface area contributed by atoms with Crippen molar-refractivity contribution in [2.45, 2.75) is 4.90 Å². The zero-order valence-corrected chi connectivity index (χ0v) is 7.90. The average molecular weight is 209 g/mol. The number of pyridine rings is 1. The van der Waals surface area contributed by atoms with E-state index in [1.54, 1.807) is 24.5 Å². The highest BCUT2D eigenvalue weighted by molar-refractivity contribution is 7.85. The van der Waals surface area contributed by atoms with Gasteiger partial charge in [-0.05, 0) is 23.6 Å². The van der Waals surface area contributed by atoms with Crippen LogP contribution in [0.5, 0.6) is 0 Å². The van der Waals surface area contributed by atoms with Gasteiger partial charge >= 0.3 is 0 Å². The number of fused-ring (bicyclic) bond motifs is 1. The van der Waals surface area contributed by atoms with Gasteiger partial charge in [-0.3, -0.25) is 9.54 Å². The Kier molecular flexibility index (Phi) is 1.98. The fraction of sp³-hybridized carbons (Fsp3) is 0. The van der Waals surface area contributed by atoms with Crippen LogP contribution in [0, 0.1) is 0 Å². The largest absolute Gasteiger partial charge is 0.294 e. The van der Waals surface area contributed by atoms with E-state index in [0.717, 1.165) is 5.39 Å². The maximum atomic E-state index is 10.8. The molecule has 1 aromatic carbocycles. The van der Waals surface area contributed by atoms with Crippen molar-refractivity contribution in [3.05, 3.63) is 36.7 Å². The second-order valence-corrected chi connectivity index (χ2v) is 4.28. The van der Waals surface area contributed by atoms with Crippen LogP contribution in [0.2, 0.25) is 0 Å². The Morgan fingerprint density at radius 1 is 1.14 bits per heavy atom. The summed E-state index contributed by atoms with van der Waals surface area (Å²) in [6, 6.07) is 6.14. The van der Waals surface area contributed by atoms with Crippen molar-refractivity contribution >= 4 is 20.9 Å². The van der Waals surface area contributed by atoms with Gasteiger partial charge in [-0.25, -0.2) is 0 Å². The molecule has 0 amide bonds. The third-order valence-electron chi connectivity index (χ3n) is 1.91. The molecule has 1 heterocycles. The number of rotatable bonds is 1. The standard InChI is InChI=1S/C9H7NO3S/c11-14(12,13)9-2-1-7-3-4-10-6-8(7)5-9/h1-6H,(H,11,12,13). The zero-order valence-electron chi connectivity index (χ0n) is 7.08. The SMILES string of the molecule is O=S(=O)(O)c1ccc2ccncc2c1. The molecule has 2 rings (SSSR count). The second kappa shape index (κ2) is 3.04. The fourth-order valence-corrected chi connectivity index (χ4v) is 1.74. The Morgan fingerprint density at radius 3 is 2.64 bits per heavy atom. The van der Waals surface area contributed by atoms with Crippen molar-refractivity contribution in [3.8, 4) is 0 Å². The lowest BCUT2D eigenvalue weighted by atomic mass is 10.2. The summed E-state index contributed by atoms with van der Waals surface area (Å²) in [5.74, 6) is 0. The molecule has 0 unspecified atom stereocenters. The van der Waals surface area contributed by atoms with Crippen LogP contribution in [0.1, 0.15) is 0 Å². The summed E-state index contributed by atoms with van der Waals surface area (Å²) in [5, 5.41) is 1.56. The van der Waals surface area contributed by atoms with Crippen LogP contribution in [-0.4, -0.2) is 18.0 Å². The number of hydrogen-bond acceptors (Lipinski definition) is 3. The molecule has 72 valence electrons. The van der Waals surface area contributed by atoms with E-state index in [1.165, 1.54) is 12.1 Å². The Balaban J connectivity index is 2.75. The molecule has 0 aliphatic rings. The van der Waals surface area contributed by atoms with E-state index in [-0.39, 0.29) is 4.90 Å². The number of nitrogens with zero attached hydrogens (tertiary/aromatic N) is 1. The molecule has 14 heavy (non-hydrogen) atoms. The molecule has 1 N–H and O–H groups in total. The number of benzene rings is 1. The molecule has 0 saturated heterocycles. The third kappa shape index (κ3) is 1.59. The minimum Gasteiger partial charge on any atom is -0.282 e. The molecule has 0 aliphatic carbocycles. The van der Waals surface area contributed by atoms with Crippen molar-refractivity contribution in [2.75, 3.05) is 0 Å². The highest BCUT2D eigenvalue weighted by Crippen LogP contribution is 2.17. The van der Waals surface area contributed by atoms with Gasteiger partial charge in [-0.15, -0.1) is 0 Å². The van der Waals surface area contributed by atoms with Crippen molar-refractivity contribution in [3.63, 3.8) is 0 Å². The van der Waals surface area contributed by atoms with Gasteiger partial charge in [0.1, 0.15) is 0 Å². The number of aromatic nitrogens is 1. The van der Waals surface area contributed by atoms with Crippen LogP contribution in [-0.2, 0) is 10.1 Å². The van der Waals surface area contributed by atoms with Crippen LogP contribution < -0.4 is 0 Å². The highest BCUT2D eigenvalue weighted by atomic mass is 32.2. The van der Waals surface area contributed by atoms with Gasteiger partial charge in [-0.1, -0.05) is 6.07 Å². The lowest BCUT2D eigenvalue weighted by Gasteiger charge is -1.99. The van der Waals surface area contributed by atoms with Crippen LogP contribution in [0.3, 0.4) is 0 Å². The molecule has 0 aliphatic heterocycles. The summed E-state index contributed by atoms with van der Waals surface area (Å²) in [6.45, 7) is 0. The Labute approximate surface area is 81.0 Å². The van der Waals surface area contributed by atoms with E-state index < -0.39 is 10.1 Å². The first kappa shape index (κ1) is 9.11. The lowest BCUT2D eigenvalue weighted by Crippen LogP contribution is -1.97. The number of hydrogen-bond donors (Lipinski definition) is 1. The maximum Gasteiger partial charge on any atom is 0.294 e. The van der Waals surface area contributed by atoms with Crippen molar-refractivity contribution < 1.29 is 13.0 Å². The molecule has 5 heteroatoms. The lowest BCUT2D eigenvalue weighted by molar-refractivity contribution is 0.483. The van der Waals surface area contributed by atoms with Gasteiger partial charge in [0, 0.05) is 17.8 Å². The third-order valence-corrected chi connectivity index (χ3v) is 2.76. The first-order valence-electron chi connectivity index (χ1n) is 3.89. The summed E-state index contributed by atoms with van der Waals surface area (Å²) in [4.78, 5) is 3.75. The smallest absolute Gasteiger partial charge is 0.282 e. The van der Waals surface area contributed by atoms with E-state index in [2.05, 4.69) is 4.98 Å². The fourth-order valence-electron chi connectivity index (χ4n) is 1.22. The molecule has 4 nitrogen and oxygen atoms in total. The molecule has 0 atom stereocenters. The van der Waals surface area contributed by atoms with Gasteiger partial charge in [0.2, 0.25) is 0 Å². The van der Waals surface area contributed by atoms with E-state index in [9.17, 15) is 8.42 Å². The molecule has 0 fully saturated rings. The van der Waals surface area contributed by atoms with Gasteiger partial charge in [-0.2, -0.15) is 8.42 Å².